The SMILES string of the molecule is C=C(C(=O)OC)c1cccc(CS(=O)O)c1N(C)C. The molecule has 19 heavy (non-hydrogen) atoms. The van der Waals surface area contributed by atoms with Gasteiger partial charge in [-0.2, -0.15) is 0 Å². The molecule has 6 heteroatoms. The number of para-hydroxylation sites is 1. The van der Waals surface area contributed by atoms with E-state index >= 15 is 0 Å². The van der Waals surface area contributed by atoms with Crippen molar-refractivity contribution < 1.29 is 18.3 Å². The fraction of sp³-hybridized carbons (Fsp3) is 0.308. The van der Waals surface area contributed by atoms with E-state index in [2.05, 4.69) is 11.3 Å². The third-order valence-electron chi connectivity index (χ3n) is 2.60. The van der Waals surface area contributed by atoms with Crippen LogP contribution in [0.5, 0.6) is 0 Å². The van der Waals surface area contributed by atoms with Crippen molar-refractivity contribution in [1.29, 1.82) is 0 Å². The highest BCUT2D eigenvalue weighted by Crippen LogP contribution is 2.30. The zero-order chi connectivity index (χ0) is 14.6. The third-order valence-corrected chi connectivity index (χ3v) is 3.16. The van der Waals surface area contributed by atoms with Crippen molar-refractivity contribution in [2.45, 2.75) is 5.75 Å². The number of anilines is 1. The summed E-state index contributed by atoms with van der Waals surface area (Å²) in [6.45, 7) is 3.72. The van der Waals surface area contributed by atoms with Gasteiger partial charge in [-0.1, -0.05) is 24.8 Å². The molecule has 0 heterocycles. The van der Waals surface area contributed by atoms with Crippen molar-refractivity contribution in [3.8, 4) is 0 Å². The van der Waals surface area contributed by atoms with Gasteiger partial charge in [0.2, 0.25) is 0 Å². The molecule has 0 radical (unpaired) electrons. The molecule has 0 aliphatic rings. The Labute approximate surface area is 115 Å². The lowest BCUT2D eigenvalue weighted by atomic mass is 10.0. The van der Waals surface area contributed by atoms with Gasteiger partial charge in [-0.3, -0.25) is 0 Å². The van der Waals surface area contributed by atoms with Gasteiger partial charge in [0.15, 0.2) is 11.1 Å². The minimum Gasteiger partial charge on any atom is -0.465 e. The average molecular weight is 283 g/mol. The van der Waals surface area contributed by atoms with Gasteiger partial charge < -0.3 is 14.2 Å². The van der Waals surface area contributed by atoms with Gasteiger partial charge in [-0.05, 0) is 5.56 Å². The molecule has 1 aromatic carbocycles. The van der Waals surface area contributed by atoms with Crippen molar-refractivity contribution >= 4 is 28.3 Å². The number of ether oxygens (including phenoxy) is 1. The van der Waals surface area contributed by atoms with E-state index in [0.717, 1.165) is 0 Å². The maximum atomic E-state index is 11.6. The van der Waals surface area contributed by atoms with E-state index < -0.39 is 17.0 Å². The monoisotopic (exact) mass is 283 g/mol. The number of carbonyl (C=O) groups is 1. The highest BCUT2D eigenvalue weighted by atomic mass is 32.2. The summed E-state index contributed by atoms with van der Waals surface area (Å²) in [5, 5.41) is 0. The zero-order valence-electron chi connectivity index (χ0n) is 11.2. The maximum absolute atomic E-state index is 11.6. The molecule has 104 valence electrons. The van der Waals surface area contributed by atoms with Gasteiger partial charge in [0, 0.05) is 25.3 Å². The second-order valence-electron chi connectivity index (χ2n) is 4.14. The van der Waals surface area contributed by atoms with E-state index in [1.165, 1.54) is 7.11 Å². The number of nitrogens with zero attached hydrogens (tertiary/aromatic N) is 1. The molecule has 0 bridgehead atoms. The average Bonchev–Trinajstić information content (AvgIpc) is 2.35. The van der Waals surface area contributed by atoms with Crippen LogP contribution < -0.4 is 4.90 Å². The van der Waals surface area contributed by atoms with E-state index in [0.29, 0.717) is 16.8 Å². The first-order chi connectivity index (χ1) is 8.88. The first kappa shape index (κ1) is 15.4. The predicted octanol–water partition coefficient (Wildman–Crippen LogP) is 1.66. The van der Waals surface area contributed by atoms with Crippen molar-refractivity contribution in [1.82, 2.24) is 0 Å². The standard InChI is InChI=1S/C13H17NO4S/c1-9(13(15)18-4)11-7-5-6-10(8-19(16)17)12(11)14(2)3/h5-7H,1,8H2,2-4H3,(H,16,17). The van der Waals surface area contributed by atoms with E-state index in [4.69, 9.17) is 4.55 Å². The topological polar surface area (TPSA) is 66.8 Å². The summed E-state index contributed by atoms with van der Waals surface area (Å²) < 4.78 is 24.7. The van der Waals surface area contributed by atoms with Gasteiger partial charge in [0.25, 0.3) is 0 Å². The number of esters is 1. The molecule has 0 aromatic heterocycles. The largest absolute Gasteiger partial charge is 0.465 e. The zero-order valence-corrected chi connectivity index (χ0v) is 12.0. The van der Waals surface area contributed by atoms with Crippen LogP contribution in [-0.2, 0) is 26.4 Å². The highest BCUT2D eigenvalue weighted by molar-refractivity contribution is 7.78. The molecular weight excluding hydrogens is 266 g/mol. The van der Waals surface area contributed by atoms with Crippen LogP contribution in [0.2, 0.25) is 0 Å². The summed E-state index contributed by atoms with van der Waals surface area (Å²) in [6.07, 6.45) is 0. The van der Waals surface area contributed by atoms with E-state index in [9.17, 15) is 9.00 Å². The molecule has 0 aliphatic carbocycles. The Bertz CT molecular complexity index is 525. The predicted molar refractivity (Wildman–Crippen MR) is 76.3 cm³/mol. The molecule has 0 spiro atoms. The Hall–Kier alpha value is -1.66. The minimum absolute atomic E-state index is 0.00416. The lowest BCUT2D eigenvalue weighted by molar-refractivity contribution is -0.133. The number of benzene rings is 1. The lowest BCUT2D eigenvalue weighted by Gasteiger charge is -2.21. The van der Waals surface area contributed by atoms with Gasteiger partial charge in [-0.25, -0.2) is 9.00 Å². The fourth-order valence-corrected chi connectivity index (χ4v) is 2.34. The molecule has 1 aromatic rings. The first-order valence-corrected chi connectivity index (χ1v) is 6.80. The van der Waals surface area contributed by atoms with Crippen LogP contribution >= 0.6 is 0 Å². The molecular formula is C13H17NO4S. The summed E-state index contributed by atoms with van der Waals surface area (Å²) in [5.74, 6) is -0.527. The van der Waals surface area contributed by atoms with Gasteiger partial charge in [0.05, 0.1) is 18.4 Å². The van der Waals surface area contributed by atoms with E-state index in [-0.39, 0.29) is 11.3 Å². The van der Waals surface area contributed by atoms with Crippen LogP contribution in [-0.4, -0.2) is 35.9 Å². The minimum atomic E-state index is -1.95. The smallest absolute Gasteiger partial charge is 0.337 e. The quantitative estimate of drug-likeness (QED) is 0.506. The third kappa shape index (κ3) is 3.65. The molecule has 5 nitrogen and oxygen atoms in total. The normalized spacial score (nSPS) is 11.8. The fourth-order valence-electron chi connectivity index (χ4n) is 1.85. The summed E-state index contributed by atoms with van der Waals surface area (Å²) in [6, 6.07) is 5.20. The van der Waals surface area contributed by atoms with E-state index in [1.54, 1.807) is 37.2 Å². The number of rotatable bonds is 5. The van der Waals surface area contributed by atoms with Gasteiger partial charge in [0.1, 0.15) is 0 Å². The van der Waals surface area contributed by atoms with Crippen molar-refractivity contribution in [2.75, 3.05) is 26.1 Å². The number of hydrogen-bond acceptors (Lipinski definition) is 4. The van der Waals surface area contributed by atoms with Crippen LogP contribution in [0, 0.1) is 0 Å². The van der Waals surface area contributed by atoms with Crippen LogP contribution in [0.3, 0.4) is 0 Å². The molecule has 0 aliphatic heterocycles. The van der Waals surface area contributed by atoms with Gasteiger partial charge in [-0.15, -0.1) is 0 Å². The Morgan fingerprint density at radius 2 is 2.11 bits per heavy atom. The van der Waals surface area contributed by atoms with Crippen LogP contribution in [0.25, 0.3) is 5.57 Å². The lowest BCUT2D eigenvalue weighted by Crippen LogP contribution is -2.16. The molecule has 1 unspecified atom stereocenters. The first-order valence-electron chi connectivity index (χ1n) is 5.52. The summed E-state index contributed by atoms with van der Waals surface area (Å²) in [4.78, 5) is 13.4. The van der Waals surface area contributed by atoms with Gasteiger partial charge >= 0.3 is 5.97 Å². The summed E-state index contributed by atoms with van der Waals surface area (Å²) >= 11 is -1.95. The Morgan fingerprint density at radius 3 is 2.58 bits per heavy atom. The second kappa shape index (κ2) is 6.49. The molecule has 1 atom stereocenters. The molecule has 0 saturated carbocycles. The van der Waals surface area contributed by atoms with E-state index in [1.807, 2.05) is 0 Å². The summed E-state index contributed by atoms with van der Waals surface area (Å²) in [5.41, 5.74) is 2.19. The second-order valence-corrected chi connectivity index (χ2v) is 5.08. The Balaban J connectivity index is 3.35. The molecule has 1 rings (SSSR count). The van der Waals surface area contributed by atoms with Crippen molar-refractivity contribution in [3.05, 3.63) is 35.9 Å². The number of methoxy groups -OCH3 is 1. The van der Waals surface area contributed by atoms with Crippen molar-refractivity contribution in [3.63, 3.8) is 0 Å². The van der Waals surface area contributed by atoms with Crippen LogP contribution in [0.4, 0.5) is 5.69 Å². The number of hydrogen-bond donors (Lipinski definition) is 1. The number of carbonyl (C=O) groups excluding carboxylic acids is 1. The van der Waals surface area contributed by atoms with Crippen molar-refractivity contribution in [2.24, 2.45) is 0 Å². The Morgan fingerprint density at radius 1 is 1.47 bits per heavy atom. The highest BCUT2D eigenvalue weighted by Gasteiger charge is 2.18. The molecule has 0 saturated heterocycles. The molecule has 0 fully saturated rings. The summed E-state index contributed by atoms with van der Waals surface area (Å²) in [7, 11) is 4.88. The van der Waals surface area contributed by atoms with Crippen LogP contribution in [0.15, 0.2) is 24.8 Å². The molecule has 1 N–H and O–H groups in total. The maximum Gasteiger partial charge on any atom is 0.337 e. The Kier molecular flexibility index (Phi) is 5.26. The molecule has 0 amide bonds. The van der Waals surface area contributed by atoms with Crippen LogP contribution in [0.1, 0.15) is 11.1 Å².